The van der Waals surface area contributed by atoms with Crippen molar-refractivity contribution in [2.75, 3.05) is 0 Å². The van der Waals surface area contributed by atoms with E-state index in [9.17, 15) is 14.4 Å². The Morgan fingerprint density at radius 2 is 1.90 bits per heavy atom. The van der Waals surface area contributed by atoms with Gasteiger partial charge in [0.05, 0.1) is 11.7 Å². The number of fused-ring (bicyclic) bond motifs is 3. The highest BCUT2D eigenvalue weighted by atomic mass is 35.5. The van der Waals surface area contributed by atoms with Crippen LogP contribution in [0, 0.1) is 13.8 Å². The number of hydrogen-bond acceptors (Lipinski definition) is 4. The van der Waals surface area contributed by atoms with Crippen LogP contribution in [0.4, 0.5) is 0 Å². The minimum atomic E-state index is -0.866. The average Bonchev–Trinajstić information content (AvgIpc) is 3.16. The van der Waals surface area contributed by atoms with Gasteiger partial charge in [0.15, 0.2) is 16.9 Å². The summed E-state index contributed by atoms with van der Waals surface area (Å²) in [6.45, 7) is 6.76. The summed E-state index contributed by atoms with van der Waals surface area (Å²) in [4.78, 5) is 42.4. The number of rotatable bonds is 3. The van der Waals surface area contributed by atoms with Crippen molar-refractivity contribution in [2.24, 2.45) is 7.05 Å². The molecule has 1 atom stereocenters. The lowest BCUT2D eigenvalue weighted by Crippen LogP contribution is -2.42. The third kappa shape index (κ3) is 2.66. The SMILES string of the molecule is CC(=O)C(C)n1c(=O)c2c(nc3n(-c4cc(Cl)ccc4C)c(C)cn23)n(C)c1=O. The van der Waals surface area contributed by atoms with E-state index in [4.69, 9.17) is 11.6 Å². The fourth-order valence-electron chi connectivity index (χ4n) is 3.62. The number of ketones is 1. The minimum absolute atomic E-state index is 0.247. The summed E-state index contributed by atoms with van der Waals surface area (Å²) in [7, 11) is 1.54. The van der Waals surface area contributed by atoms with Crippen molar-refractivity contribution in [1.29, 1.82) is 0 Å². The van der Waals surface area contributed by atoms with Gasteiger partial charge in [0.25, 0.3) is 5.56 Å². The molecule has 1 unspecified atom stereocenters. The van der Waals surface area contributed by atoms with Crippen molar-refractivity contribution in [3.05, 3.63) is 61.5 Å². The highest BCUT2D eigenvalue weighted by Crippen LogP contribution is 2.25. The third-order valence-corrected chi connectivity index (χ3v) is 5.60. The molecule has 0 amide bonds. The van der Waals surface area contributed by atoms with E-state index in [0.29, 0.717) is 10.8 Å². The molecule has 1 aromatic carbocycles. The summed E-state index contributed by atoms with van der Waals surface area (Å²) < 4.78 is 5.84. The third-order valence-electron chi connectivity index (χ3n) is 5.36. The second-order valence-corrected chi connectivity index (χ2v) is 7.73. The summed E-state index contributed by atoms with van der Waals surface area (Å²) in [5, 5.41) is 0.581. The van der Waals surface area contributed by atoms with Gasteiger partial charge in [-0.1, -0.05) is 17.7 Å². The molecule has 0 aliphatic rings. The summed E-state index contributed by atoms with van der Waals surface area (Å²) >= 11 is 6.20. The molecule has 9 heteroatoms. The number of halogens is 1. The van der Waals surface area contributed by atoms with E-state index in [1.54, 1.807) is 24.6 Å². The Balaban J connectivity index is 2.17. The van der Waals surface area contributed by atoms with Crippen LogP contribution < -0.4 is 11.2 Å². The maximum atomic E-state index is 13.2. The molecule has 3 aromatic heterocycles. The first-order valence-electron chi connectivity index (χ1n) is 9.12. The lowest BCUT2D eigenvalue weighted by molar-refractivity contribution is -0.119. The molecule has 0 spiro atoms. The zero-order chi connectivity index (χ0) is 21.2. The highest BCUT2D eigenvalue weighted by Gasteiger charge is 2.24. The maximum Gasteiger partial charge on any atom is 0.333 e. The molecule has 0 fully saturated rings. The van der Waals surface area contributed by atoms with Crippen molar-refractivity contribution < 1.29 is 4.79 Å². The number of aromatic nitrogens is 5. The number of imidazole rings is 2. The summed E-state index contributed by atoms with van der Waals surface area (Å²) in [6, 6.07) is 4.69. The summed E-state index contributed by atoms with van der Waals surface area (Å²) in [5.74, 6) is 0.218. The van der Waals surface area contributed by atoms with Gasteiger partial charge in [0, 0.05) is 24.0 Å². The number of aryl methyl sites for hydroxylation is 3. The molecule has 0 bridgehead atoms. The molecule has 4 rings (SSSR count). The van der Waals surface area contributed by atoms with E-state index in [1.165, 1.54) is 11.5 Å². The number of carbonyl (C=O) groups is 1. The Kier molecular flexibility index (Phi) is 4.27. The first-order chi connectivity index (χ1) is 13.6. The Labute approximate surface area is 170 Å². The highest BCUT2D eigenvalue weighted by molar-refractivity contribution is 6.30. The van der Waals surface area contributed by atoms with Crippen LogP contribution in [0.2, 0.25) is 5.02 Å². The zero-order valence-electron chi connectivity index (χ0n) is 16.7. The molecule has 150 valence electrons. The normalized spacial score (nSPS) is 12.8. The predicted molar refractivity (Wildman–Crippen MR) is 111 cm³/mol. The molecule has 3 heterocycles. The van der Waals surface area contributed by atoms with Crippen LogP contribution in [0.5, 0.6) is 0 Å². The van der Waals surface area contributed by atoms with E-state index in [2.05, 4.69) is 4.98 Å². The van der Waals surface area contributed by atoms with E-state index >= 15 is 0 Å². The Morgan fingerprint density at radius 1 is 1.21 bits per heavy atom. The standard InChI is InChI=1S/C20H20ClN5O3/c1-10-6-7-14(21)8-15(10)25-11(2)9-24-16-17(22-19(24)25)23(5)20(29)26(18(16)28)12(3)13(4)27/h6-9,12H,1-5H3. The topological polar surface area (TPSA) is 83.3 Å². The van der Waals surface area contributed by atoms with Gasteiger partial charge in [-0.2, -0.15) is 4.98 Å². The summed E-state index contributed by atoms with van der Waals surface area (Å²) in [6.07, 6.45) is 1.79. The lowest BCUT2D eigenvalue weighted by Gasteiger charge is -2.12. The molecule has 4 aromatic rings. The Hall–Kier alpha value is -3.13. The maximum absolute atomic E-state index is 13.2. The molecule has 0 aliphatic heterocycles. The molecule has 8 nitrogen and oxygen atoms in total. The number of nitrogens with zero attached hydrogens (tertiary/aromatic N) is 5. The van der Waals surface area contributed by atoms with Gasteiger partial charge in [-0.25, -0.2) is 9.36 Å². The van der Waals surface area contributed by atoms with Crippen LogP contribution in [0.1, 0.15) is 31.1 Å². The van der Waals surface area contributed by atoms with E-state index in [0.717, 1.165) is 21.5 Å². The van der Waals surface area contributed by atoms with Gasteiger partial charge in [-0.3, -0.25) is 23.1 Å². The molecule has 0 saturated heterocycles. The van der Waals surface area contributed by atoms with Crippen LogP contribution >= 0.6 is 11.6 Å². The predicted octanol–water partition coefficient (Wildman–Crippen LogP) is 2.56. The number of hydrogen-bond donors (Lipinski definition) is 0. The van der Waals surface area contributed by atoms with Gasteiger partial charge in [-0.05, 0) is 45.4 Å². The van der Waals surface area contributed by atoms with Gasteiger partial charge < -0.3 is 0 Å². The van der Waals surface area contributed by atoms with Crippen LogP contribution in [-0.4, -0.2) is 28.9 Å². The molecule has 0 radical (unpaired) electrons. The second kappa shape index (κ2) is 6.45. The lowest BCUT2D eigenvalue weighted by atomic mass is 10.2. The fraction of sp³-hybridized carbons (Fsp3) is 0.300. The Morgan fingerprint density at radius 3 is 2.55 bits per heavy atom. The number of benzene rings is 1. The average molecular weight is 414 g/mol. The number of carbonyl (C=O) groups excluding carboxylic acids is 1. The van der Waals surface area contributed by atoms with E-state index in [1.807, 2.05) is 36.6 Å². The van der Waals surface area contributed by atoms with Crippen molar-refractivity contribution in [3.63, 3.8) is 0 Å². The Bertz CT molecular complexity index is 1440. The first kappa shape index (κ1) is 19.2. The largest absolute Gasteiger partial charge is 0.333 e. The second-order valence-electron chi connectivity index (χ2n) is 7.29. The van der Waals surface area contributed by atoms with Crippen molar-refractivity contribution >= 4 is 34.3 Å². The van der Waals surface area contributed by atoms with Crippen molar-refractivity contribution in [2.45, 2.75) is 33.7 Å². The molecule has 0 aliphatic carbocycles. The zero-order valence-corrected chi connectivity index (χ0v) is 17.5. The van der Waals surface area contributed by atoms with Gasteiger partial charge in [0.2, 0.25) is 5.78 Å². The van der Waals surface area contributed by atoms with Crippen LogP contribution in [0.3, 0.4) is 0 Å². The van der Waals surface area contributed by atoms with Crippen LogP contribution in [-0.2, 0) is 11.8 Å². The smallest absolute Gasteiger partial charge is 0.298 e. The van der Waals surface area contributed by atoms with Gasteiger partial charge >= 0.3 is 5.69 Å². The van der Waals surface area contributed by atoms with Gasteiger partial charge in [0.1, 0.15) is 0 Å². The van der Waals surface area contributed by atoms with E-state index in [-0.39, 0.29) is 16.9 Å². The molecule has 0 saturated carbocycles. The molecular weight excluding hydrogens is 394 g/mol. The molecule has 0 N–H and O–H groups in total. The first-order valence-corrected chi connectivity index (χ1v) is 9.50. The van der Waals surface area contributed by atoms with E-state index < -0.39 is 17.3 Å². The van der Waals surface area contributed by atoms with Crippen LogP contribution in [0.25, 0.3) is 22.6 Å². The van der Waals surface area contributed by atoms with Crippen molar-refractivity contribution in [1.82, 2.24) is 23.1 Å². The van der Waals surface area contributed by atoms with Crippen molar-refractivity contribution in [3.8, 4) is 5.69 Å². The quantitative estimate of drug-likeness (QED) is 0.516. The molecule has 29 heavy (non-hydrogen) atoms. The number of Topliss-reactive ketones (excluding diaryl/α,β-unsaturated/α-hetero) is 1. The van der Waals surface area contributed by atoms with Gasteiger partial charge in [-0.15, -0.1) is 0 Å². The summed E-state index contributed by atoms with van der Waals surface area (Å²) in [5.41, 5.74) is 2.06. The monoisotopic (exact) mass is 413 g/mol. The fourth-order valence-corrected chi connectivity index (χ4v) is 3.79. The van der Waals surface area contributed by atoms with Crippen LogP contribution in [0.15, 0.2) is 34.0 Å². The minimum Gasteiger partial charge on any atom is -0.298 e. The molecular formula is C20H20ClN5O3.